The first kappa shape index (κ1) is 18.0. The van der Waals surface area contributed by atoms with Gasteiger partial charge in [0.1, 0.15) is 5.52 Å². The summed E-state index contributed by atoms with van der Waals surface area (Å²) >= 11 is 7.60. The number of hydrogen-bond acceptors (Lipinski definition) is 5. The molecule has 3 aromatic rings. The Bertz CT molecular complexity index is 1030. The van der Waals surface area contributed by atoms with Crippen LogP contribution in [-0.4, -0.2) is 37.9 Å². The van der Waals surface area contributed by atoms with Crippen molar-refractivity contribution in [2.24, 2.45) is 4.99 Å². The van der Waals surface area contributed by atoms with Crippen LogP contribution in [0.2, 0.25) is 5.02 Å². The summed E-state index contributed by atoms with van der Waals surface area (Å²) in [6, 6.07) is 12.9. The number of nitrogens with zero attached hydrogens (tertiary/aromatic N) is 5. The highest BCUT2D eigenvalue weighted by Crippen LogP contribution is 2.29. The molecule has 4 rings (SSSR count). The number of halogens is 1. The molecule has 1 aliphatic rings. The molecule has 2 aromatic carbocycles. The fourth-order valence-electron chi connectivity index (χ4n) is 2.95. The van der Waals surface area contributed by atoms with Crippen molar-refractivity contribution >= 4 is 51.2 Å². The second kappa shape index (κ2) is 7.32. The van der Waals surface area contributed by atoms with E-state index in [9.17, 15) is 4.79 Å². The highest BCUT2D eigenvalue weighted by atomic mass is 35.5. The maximum atomic E-state index is 13.4. The summed E-state index contributed by atoms with van der Waals surface area (Å²) in [5, 5.41) is 9.61. The Kier molecular flexibility index (Phi) is 4.88. The van der Waals surface area contributed by atoms with E-state index < -0.39 is 0 Å². The molecule has 6 nitrogen and oxygen atoms in total. The van der Waals surface area contributed by atoms with E-state index in [1.165, 1.54) is 0 Å². The fourth-order valence-corrected chi connectivity index (χ4v) is 4.12. The lowest BCUT2D eigenvalue weighted by Crippen LogP contribution is -2.34. The first-order valence-electron chi connectivity index (χ1n) is 8.70. The molecule has 1 atom stereocenters. The maximum absolute atomic E-state index is 13.4. The molecule has 0 spiro atoms. The van der Waals surface area contributed by atoms with Crippen LogP contribution in [0.5, 0.6) is 0 Å². The molecule has 0 N–H and O–H groups in total. The Morgan fingerprint density at radius 3 is 2.74 bits per heavy atom. The standard InChI is InChI=1S/C19H18ClN5OS/c1-3-24-17-9-4-13(10-16(17)22-23-24)18(26)25(19-21-12(2)11-27-19)15-7-5-14(20)6-8-15/h4-10,12H,3,11H2,1-2H3. The van der Waals surface area contributed by atoms with E-state index in [-0.39, 0.29) is 11.9 Å². The number of anilines is 1. The number of carbonyl (C=O) groups excluding carboxylic acids is 1. The second-order valence-electron chi connectivity index (χ2n) is 6.30. The van der Waals surface area contributed by atoms with Crippen molar-refractivity contribution in [2.45, 2.75) is 26.4 Å². The molecule has 8 heteroatoms. The predicted octanol–water partition coefficient (Wildman–Crippen LogP) is 4.24. The van der Waals surface area contributed by atoms with E-state index in [1.807, 2.05) is 38.1 Å². The zero-order valence-electron chi connectivity index (χ0n) is 15.0. The van der Waals surface area contributed by atoms with Gasteiger partial charge in [-0.1, -0.05) is 28.6 Å². The summed E-state index contributed by atoms with van der Waals surface area (Å²) in [7, 11) is 0. The molecule has 1 unspecified atom stereocenters. The van der Waals surface area contributed by atoms with Crippen LogP contribution in [-0.2, 0) is 6.54 Å². The van der Waals surface area contributed by atoms with Gasteiger partial charge in [-0.05, 0) is 56.3 Å². The lowest BCUT2D eigenvalue weighted by Gasteiger charge is -2.22. The van der Waals surface area contributed by atoms with Gasteiger partial charge in [0.2, 0.25) is 0 Å². The molecular formula is C19H18ClN5OS. The van der Waals surface area contributed by atoms with E-state index in [1.54, 1.807) is 39.5 Å². The third-order valence-corrected chi connectivity index (χ3v) is 5.77. The van der Waals surface area contributed by atoms with Crippen LogP contribution in [0.25, 0.3) is 11.0 Å². The highest BCUT2D eigenvalue weighted by Gasteiger charge is 2.28. The van der Waals surface area contributed by atoms with Gasteiger partial charge in [-0.3, -0.25) is 14.7 Å². The Balaban J connectivity index is 1.76. The van der Waals surface area contributed by atoms with Crippen LogP contribution in [0, 0.1) is 0 Å². The number of aromatic nitrogens is 3. The summed E-state index contributed by atoms with van der Waals surface area (Å²) in [5.41, 5.74) is 2.90. The van der Waals surface area contributed by atoms with Gasteiger partial charge in [-0.25, -0.2) is 4.68 Å². The molecule has 1 amide bonds. The van der Waals surface area contributed by atoms with Crippen LogP contribution in [0.15, 0.2) is 47.5 Å². The monoisotopic (exact) mass is 399 g/mol. The minimum atomic E-state index is -0.148. The van der Waals surface area contributed by atoms with Gasteiger partial charge in [-0.15, -0.1) is 5.10 Å². The minimum absolute atomic E-state index is 0.148. The summed E-state index contributed by atoms with van der Waals surface area (Å²) in [4.78, 5) is 19.7. The quantitative estimate of drug-likeness (QED) is 0.660. The Hall–Kier alpha value is -2.38. The molecular weight excluding hydrogens is 382 g/mol. The molecule has 0 saturated heterocycles. The Labute approximate surface area is 166 Å². The number of benzene rings is 2. The highest BCUT2D eigenvalue weighted by molar-refractivity contribution is 8.14. The van der Waals surface area contributed by atoms with Gasteiger partial charge >= 0.3 is 0 Å². The lowest BCUT2D eigenvalue weighted by molar-refractivity contribution is 0.100. The Morgan fingerprint density at radius 2 is 2.07 bits per heavy atom. The van der Waals surface area contributed by atoms with Crippen LogP contribution < -0.4 is 4.90 Å². The van der Waals surface area contributed by atoms with Gasteiger partial charge in [0.05, 0.1) is 17.2 Å². The number of amides is 1. The van der Waals surface area contributed by atoms with Crippen LogP contribution in [0.3, 0.4) is 0 Å². The largest absolute Gasteiger partial charge is 0.268 e. The van der Waals surface area contributed by atoms with E-state index >= 15 is 0 Å². The summed E-state index contributed by atoms with van der Waals surface area (Å²) in [6.07, 6.45) is 0. The van der Waals surface area contributed by atoms with Gasteiger partial charge in [0, 0.05) is 22.9 Å². The number of amidine groups is 1. The first-order chi connectivity index (χ1) is 13.1. The molecule has 1 aromatic heterocycles. The van der Waals surface area contributed by atoms with Crippen LogP contribution in [0.1, 0.15) is 24.2 Å². The normalized spacial score (nSPS) is 16.6. The first-order valence-corrected chi connectivity index (χ1v) is 10.1. The number of carbonyl (C=O) groups is 1. The topological polar surface area (TPSA) is 63.4 Å². The Morgan fingerprint density at radius 1 is 1.30 bits per heavy atom. The minimum Gasteiger partial charge on any atom is -0.268 e. The van der Waals surface area contributed by atoms with Crippen molar-refractivity contribution in [1.82, 2.24) is 15.0 Å². The van der Waals surface area contributed by atoms with Crippen molar-refractivity contribution in [3.05, 3.63) is 53.1 Å². The van der Waals surface area contributed by atoms with E-state index in [0.717, 1.165) is 23.5 Å². The smallest absolute Gasteiger partial charge is 0.264 e. The molecule has 138 valence electrons. The number of aryl methyl sites for hydroxylation is 1. The van der Waals surface area contributed by atoms with Crippen molar-refractivity contribution in [2.75, 3.05) is 10.7 Å². The number of thioether (sulfide) groups is 1. The van der Waals surface area contributed by atoms with Crippen LogP contribution >= 0.6 is 23.4 Å². The summed E-state index contributed by atoms with van der Waals surface area (Å²) < 4.78 is 1.80. The molecule has 27 heavy (non-hydrogen) atoms. The van der Waals surface area contributed by atoms with Crippen molar-refractivity contribution in [3.63, 3.8) is 0 Å². The molecule has 0 saturated carbocycles. The summed E-state index contributed by atoms with van der Waals surface area (Å²) in [6.45, 7) is 4.78. The fraction of sp³-hybridized carbons (Fsp3) is 0.263. The maximum Gasteiger partial charge on any atom is 0.264 e. The zero-order chi connectivity index (χ0) is 19.0. The third kappa shape index (κ3) is 3.44. The lowest BCUT2D eigenvalue weighted by atomic mass is 10.1. The average molecular weight is 400 g/mol. The molecule has 0 radical (unpaired) electrons. The molecule has 0 fully saturated rings. The molecule has 1 aliphatic heterocycles. The predicted molar refractivity (Wildman–Crippen MR) is 111 cm³/mol. The number of rotatable bonds is 3. The SMILES string of the molecule is CCn1nnc2cc(C(=O)N(C3=NC(C)CS3)c3ccc(Cl)cc3)ccc21. The molecule has 0 aliphatic carbocycles. The van der Waals surface area contributed by atoms with E-state index in [4.69, 9.17) is 11.6 Å². The van der Waals surface area contributed by atoms with Gasteiger partial charge in [0.25, 0.3) is 5.91 Å². The van der Waals surface area contributed by atoms with E-state index in [2.05, 4.69) is 15.3 Å². The van der Waals surface area contributed by atoms with Gasteiger partial charge in [0.15, 0.2) is 5.17 Å². The van der Waals surface area contributed by atoms with Crippen molar-refractivity contribution in [1.29, 1.82) is 0 Å². The zero-order valence-corrected chi connectivity index (χ0v) is 16.5. The number of fused-ring (bicyclic) bond motifs is 1. The third-order valence-electron chi connectivity index (χ3n) is 4.32. The van der Waals surface area contributed by atoms with E-state index in [0.29, 0.717) is 21.3 Å². The molecule has 2 heterocycles. The van der Waals surface area contributed by atoms with Crippen molar-refractivity contribution in [3.8, 4) is 0 Å². The second-order valence-corrected chi connectivity index (χ2v) is 7.72. The van der Waals surface area contributed by atoms with Gasteiger partial charge in [-0.2, -0.15) is 0 Å². The van der Waals surface area contributed by atoms with Crippen molar-refractivity contribution < 1.29 is 4.79 Å². The number of aliphatic imine (C=N–C) groups is 1. The van der Waals surface area contributed by atoms with Crippen LogP contribution in [0.4, 0.5) is 5.69 Å². The molecule has 0 bridgehead atoms. The van der Waals surface area contributed by atoms with Gasteiger partial charge < -0.3 is 0 Å². The summed E-state index contributed by atoms with van der Waals surface area (Å²) in [5.74, 6) is 0.710. The number of hydrogen-bond donors (Lipinski definition) is 0. The average Bonchev–Trinajstić information content (AvgIpc) is 3.28.